The third kappa shape index (κ3) is 5.86. The number of rotatable bonds is 7. The van der Waals surface area contributed by atoms with E-state index in [2.05, 4.69) is 11.4 Å². The second-order valence-corrected chi connectivity index (χ2v) is 11.0. The third-order valence-corrected chi connectivity index (χ3v) is 8.00. The molecule has 3 aromatic carbocycles. The quantitative estimate of drug-likeness (QED) is 0.435. The monoisotopic (exact) mass is 550 g/mol. The molecule has 8 nitrogen and oxygen atoms in total. The molecule has 2 heterocycles. The average Bonchev–Trinajstić information content (AvgIpc) is 3.27. The zero-order valence-corrected chi connectivity index (χ0v) is 23.4. The molecule has 3 aromatic rings. The lowest BCUT2D eigenvalue weighted by molar-refractivity contribution is -0.134. The Morgan fingerprint density at radius 3 is 2.32 bits per heavy atom. The molecule has 2 amide bonds. The minimum Gasteiger partial charge on any atom is -0.457 e. The number of benzene rings is 3. The lowest BCUT2D eigenvalue weighted by atomic mass is 9.94. The summed E-state index contributed by atoms with van der Waals surface area (Å²) in [6.45, 7) is 5.40. The van der Waals surface area contributed by atoms with Gasteiger partial charge >= 0.3 is 5.97 Å². The van der Waals surface area contributed by atoms with Crippen LogP contribution in [0.4, 0.5) is 0 Å². The van der Waals surface area contributed by atoms with Gasteiger partial charge in [-0.15, -0.1) is 0 Å². The molecule has 2 aliphatic heterocycles. The van der Waals surface area contributed by atoms with Crippen molar-refractivity contribution >= 4 is 17.8 Å². The average molecular weight is 551 g/mol. The van der Waals surface area contributed by atoms with E-state index in [1.54, 1.807) is 35.2 Å². The molecule has 0 aliphatic carbocycles. The molecule has 1 spiro atoms. The molecule has 1 N–H and O–H groups in total. The summed E-state index contributed by atoms with van der Waals surface area (Å²) >= 11 is 0. The summed E-state index contributed by atoms with van der Waals surface area (Å²) < 4.78 is 5.52. The highest BCUT2D eigenvalue weighted by Crippen LogP contribution is 2.36. The zero-order valence-electron chi connectivity index (χ0n) is 23.4. The van der Waals surface area contributed by atoms with Crippen LogP contribution in [-0.2, 0) is 22.7 Å². The summed E-state index contributed by atoms with van der Waals surface area (Å²) in [7, 11) is 0. The van der Waals surface area contributed by atoms with Gasteiger partial charge in [-0.2, -0.15) is 5.26 Å². The van der Waals surface area contributed by atoms with Crippen LogP contribution in [0.1, 0.15) is 64.1 Å². The molecule has 1 unspecified atom stereocenters. The van der Waals surface area contributed by atoms with Gasteiger partial charge in [0.05, 0.1) is 34.5 Å². The number of nitrogens with zero attached hydrogens (tertiary/aromatic N) is 3. The lowest BCUT2D eigenvalue weighted by Crippen LogP contribution is -2.59. The lowest BCUT2D eigenvalue weighted by Gasteiger charge is -2.45. The first-order chi connectivity index (χ1) is 19.8. The van der Waals surface area contributed by atoms with Gasteiger partial charge in [-0.25, -0.2) is 4.79 Å². The van der Waals surface area contributed by atoms with E-state index in [4.69, 9.17) is 4.74 Å². The number of amides is 2. The predicted octanol–water partition coefficient (Wildman–Crippen LogP) is 4.50. The topological polar surface area (TPSA) is 103 Å². The fourth-order valence-electron chi connectivity index (χ4n) is 5.72. The molecule has 0 bridgehead atoms. The largest absolute Gasteiger partial charge is 0.457 e. The van der Waals surface area contributed by atoms with Crippen LogP contribution in [0.5, 0.6) is 0 Å². The minimum atomic E-state index is -0.598. The molecule has 1 atom stereocenters. The number of carbonyl (C=O) groups excluding carboxylic acids is 3. The van der Waals surface area contributed by atoms with E-state index in [9.17, 15) is 19.6 Å². The number of hydrogen-bond donors (Lipinski definition) is 1. The van der Waals surface area contributed by atoms with Crippen molar-refractivity contribution in [1.29, 1.82) is 5.26 Å². The van der Waals surface area contributed by atoms with E-state index in [0.717, 1.165) is 11.1 Å². The third-order valence-electron chi connectivity index (χ3n) is 8.00. The Morgan fingerprint density at radius 2 is 1.63 bits per heavy atom. The van der Waals surface area contributed by atoms with Gasteiger partial charge in [-0.1, -0.05) is 68.4 Å². The summed E-state index contributed by atoms with van der Waals surface area (Å²) in [5.74, 6) is -0.637. The van der Waals surface area contributed by atoms with E-state index < -0.39 is 11.6 Å². The van der Waals surface area contributed by atoms with Crippen LogP contribution in [0.25, 0.3) is 0 Å². The van der Waals surface area contributed by atoms with Gasteiger partial charge in [0.1, 0.15) is 6.61 Å². The summed E-state index contributed by atoms with van der Waals surface area (Å²) in [5.41, 5.74) is 2.26. The Morgan fingerprint density at radius 1 is 0.976 bits per heavy atom. The number of piperidine rings is 1. The second kappa shape index (κ2) is 11.9. The Labute approximate surface area is 240 Å². The maximum absolute atomic E-state index is 13.7. The second-order valence-electron chi connectivity index (χ2n) is 11.0. The standard InChI is InChI=1S/C33H34N4O4/c1-23(2)29-31(39)37(21-26-12-8-11-25(19-26)20-34)33(35-29)15-17-36(18-16-33)30(38)27-13-6-7-14-28(27)32(40)41-22-24-9-4-3-5-10-24/h3-14,19,23,29,35H,15-18,21-22H2,1-2H3. The molecule has 2 aliphatic rings. The molecule has 41 heavy (non-hydrogen) atoms. The van der Waals surface area contributed by atoms with Gasteiger partial charge in [0.25, 0.3) is 5.91 Å². The van der Waals surface area contributed by atoms with Crippen molar-refractivity contribution in [3.05, 3.63) is 107 Å². The molecule has 5 rings (SSSR count). The highest BCUT2D eigenvalue weighted by atomic mass is 16.5. The number of esters is 1. The first kappa shape index (κ1) is 28.1. The molecule has 210 valence electrons. The number of ether oxygens (including phenoxy) is 1. The summed E-state index contributed by atoms with van der Waals surface area (Å²) in [5, 5.41) is 12.9. The van der Waals surface area contributed by atoms with Crippen molar-refractivity contribution in [3.63, 3.8) is 0 Å². The Hall–Kier alpha value is -4.48. The van der Waals surface area contributed by atoms with E-state index in [-0.39, 0.29) is 35.9 Å². The van der Waals surface area contributed by atoms with Gasteiger partial charge in [0.15, 0.2) is 0 Å². The smallest absolute Gasteiger partial charge is 0.339 e. The van der Waals surface area contributed by atoms with Crippen LogP contribution in [0.15, 0.2) is 78.9 Å². The predicted molar refractivity (Wildman–Crippen MR) is 153 cm³/mol. The van der Waals surface area contributed by atoms with Gasteiger partial charge in [-0.3, -0.25) is 14.9 Å². The minimum absolute atomic E-state index is 0.0358. The number of nitriles is 1. The highest BCUT2D eigenvalue weighted by Gasteiger charge is 2.52. The SMILES string of the molecule is CC(C)C1NC2(CCN(C(=O)c3ccccc3C(=O)OCc3ccccc3)CC2)N(Cc2cccc(C#N)c2)C1=O. The van der Waals surface area contributed by atoms with Gasteiger partial charge in [-0.05, 0) is 41.3 Å². The molecule has 0 saturated carbocycles. The number of nitrogens with one attached hydrogen (secondary N) is 1. The van der Waals surface area contributed by atoms with Crippen molar-refractivity contribution in [2.75, 3.05) is 13.1 Å². The van der Waals surface area contributed by atoms with E-state index in [0.29, 0.717) is 43.6 Å². The maximum Gasteiger partial charge on any atom is 0.339 e. The van der Waals surface area contributed by atoms with E-state index >= 15 is 0 Å². The van der Waals surface area contributed by atoms with Crippen LogP contribution < -0.4 is 5.32 Å². The fourth-order valence-corrected chi connectivity index (χ4v) is 5.72. The summed E-state index contributed by atoms with van der Waals surface area (Å²) in [6, 6.07) is 25.3. The molecule has 0 radical (unpaired) electrons. The van der Waals surface area contributed by atoms with Crippen LogP contribution >= 0.6 is 0 Å². The number of likely N-dealkylation sites (tertiary alicyclic amines) is 1. The first-order valence-electron chi connectivity index (χ1n) is 14.0. The van der Waals surface area contributed by atoms with Crippen LogP contribution in [0, 0.1) is 17.2 Å². The molecular weight excluding hydrogens is 516 g/mol. The Balaban J connectivity index is 1.31. The van der Waals surface area contributed by atoms with Crippen LogP contribution in [0.2, 0.25) is 0 Å². The number of hydrogen-bond acceptors (Lipinski definition) is 6. The van der Waals surface area contributed by atoms with Gasteiger partial charge in [0, 0.05) is 32.5 Å². The fraction of sp³-hybridized carbons (Fsp3) is 0.333. The zero-order chi connectivity index (χ0) is 29.0. The van der Waals surface area contributed by atoms with Crippen molar-refractivity contribution in [2.24, 2.45) is 5.92 Å². The van der Waals surface area contributed by atoms with Crippen molar-refractivity contribution in [2.45, 2.75) is 51.5 Å². The summed E-state index contributed by atoms with van der Waals surface area (Å²) in [6.07, 6.45) is 1.10. The molecule has 2 fully saturated rings. The van der Waals surface area contributed by atoms with Crippen LogP contribution in [-0.4, -0.2) is 52.4 Å². The normalized spacial score (nSPS) is 18.0. The molecule has 0 aromatic heterocycles. The number of carbonyl (C=O) groups is 3. The summed E-state index contributed by atoms with van der Waals surface area (Å²) in [4.78, 5) is 43.8. The van der Waals surface area contributed by atoms with E-state index in [1.807, 2.05) is 67.3 Å². The Kier molecular flexibility index (Phi) is 8.18. The highest BCUT2D eigenvalue weighted by molar-refractivity contribution is 6.05. The van der Waals surface area contributed by atoms with Crippen molar-refractivity contribution in [3.8, 4) is 6.07 Å². The van der Waals surface area contributed by atoms with Gasteiger partial charge in [0.2, 0.25) is 5.91 Å². The van der Waals surface area contributed by atoms with Crippen molar-refractivity contribution in [1.82, 2.24) is 15.1 Å². The van der Waals surface area contributed by atoms with Crippen molar-refractivity contribution < 1.29 is 19.1 Å². The first-order valence-corrected chi connectivity index (χ1v) is 14.0. The molecule has 2 saturated heterocycles. The maximum atomic E-state index is 13.7. The van der Waals surface area contributed by atoms with E-state index in [1.165, 1.54) is 0 Å². The van der Waals surface area contributed by atoms with Crippen LogP contribution in [0.3, 0.4) is 0 Å². The van der Waals surface area contributed by atoms with Gasteiger partial charge < -0.3 is 14.5 Å². The Bertz CT molecular complexity index is 1470. The molecule has 8 heteroatoms. The molecular formula is C33H34N4O4.